The van der Waals surface area contributed by atoms with Crippen LogP contribution in [0.5, 0.6) is 0 Å². The number of carbonyl (C=O) groups is 1. The van der Waals surface area contributed by atoms with Crippen molar-refractivity contribution in [3.05, 3.63) is 12.7 Å². The van der Waals surface area contributed by atoms with E-state index in [4.69, 9.17) is 15.1 Å². The van der Waals surface area contributed by atoms with E-state index in [0.717, 1.165) is 12.0 Å². The number of rotatable bonds is 10. The number of nitrogens with zero attached hydrogens (tertiary/aromatic N) is 5. The summed E-state index contributed by atoms with van der Waals surface area (Å²) in [5, 5.41) is 7.02. The highest BCUT2D eigenvalue weighted by molar-refractivity contribution is 7.50. The molecule has 3 N–H and O–H groups in total. The number of aromatic nitrogens is 4. The summed E-state index contributed by atoms with van der Waals surface area (Å²) in [5.41, 5.74) is 7.81. The predicted octanol–water partition coefficient (Wildman–Crippen LogP) is 1.67. The molecule has 0 saturated heterocycles. The van der Waals surface area contributed by atoms with Gasteiger partial charge in [0.05, 0.1) is 30.7 Å². The van der Waals surface area contributed by atoms with Crippen LogP contribution in [0.3, 0.4) is 0 Å². The second kappa shape index (κ2) is 9.51. The Labute approximate surface area is 153 Å². The van der Waals surface area contributed by atoms with Crippen LogP contribution in [0.4, 0.5) is 5.82 Å². The molecule has 3 unspecified atom stereocenters. The van der Waals surface area contributed by atoms with Crippen LogP contribution in [0.2, 0.25) is 0 Å². The van der Waals surface area contributed by atoms with Crippen molar-refractivity contribution in [1.82, 2.24) is 24.6 Å². The fourth-order valence-electron chi connectivity index (χ4n) is 2.03. The van der Waals surface area contributed by atoms with E-state index in [1.165, 1.54) is 6.33 Å². The third-order valence-corrected chi connectivity index (χ3v) is 4.59. The minimum Gasteiger partial charge on any atom is -0.382 e. The van der Waals surface area contributed by atoms with Crippen molar-refractivity contribution in [2.24, 2.45) is 5.16 Å². The van der Waals surface area contributed by atoms with E-state index in [0.29, 0.717) is 23.5 Å². The second-order valence-electron chi connectivity index (χ2n) is 5.99. The van der Waals surface area contributed by atoms with Gasteiger partial charge < -0.3 is 24.5 Å². The van der Waals surface area contributed by atoms with Crippen molar-refractivity contribution in [3.63, 3.8) is 0 Å². The van der Waals surface area contributed by atoms with Crippen LogP contribution >= 0.6 is 8.30 Å². The number of imidazole rings is 1. The number of anilines is 1. The zero-order valence-electron chi connectivity index (χ0n) is 15.3. The van der Waals surface area contributed by atoms with Gasteiger partial charge in [-0.05, 0) is 27.7 Å². The number of ether oxygens (including phenoxy) is 1. The van der Waals surface area contributed by atoms with Gasteiger partial charge in [0.2, 0.25) is 8.30 Å². The average Bonchev–Trinajstić information content (AvgIpc) is 3.01. The summed E-state index contributed by atoms with van der Waals surface area (Å²) in [6, 6.07) is -0.343. The molecule has 10 nitrogen and oxygen atoms in total. The molecular formula is C15H24N7O3P. The molecule has 0 saturated carbocycles. The van der Waals surface area contributed by atoms with Gasteiger partial charge in [-0.15, -0.1) is 0 Å². The van der Waals surface area contributed by atoms with Gasteiger partial charge in [-0.3, -0.25) is 5.09 Å². The van der Waals surface area contributed by atoms with Crippen LogP contribution in [-0.4, -0.2) is 50.0 Å². The minimum absolute atomic E-state index is 0.141. The molecule has 142 valence electrons. The number of fused-ring (bicyclic) bond motifs is 1. The number of oxime groups is 1. The van der Waals surface area contributed by atoms with Gasteiger partial charge >= 0.3 is 0 Å². The quantitative estimate of drug-likeness (QED) is 0.275. The summed E-state index contributed by atoms with van der Waals surface area (Å²) in [7, 11) is -1.24. The maximum Gasteiger partial charge on any atom is 0.221 e. The molecule has 0 aromatic carbocycles. The number of aldehydes is 1. The largest absolute Gasteiger partial charge is 0.382 e. The van der Waals surface area contributed by atoms with Crippen molar-refractivity contribution in [2.75, 3.05) is 12.1 Å². The zero-order valence-corrected chi connectivity index (χ0v) is 16.2. The zero-order chi connectivity index (χ0) is 19.1. The van der Waals surface area contributed by atoms with E-state index in [2.05, 4.69) is 25.2 Å². The fraction of sp³-hybridized carbons (Fsp3) is 0.533. The van der Waals surface area contributed by atoms with E-state index in [1.807, 2.05) is 25.3 Å². The van der Waals surface area contributed by atoms with Crippen molar-refractivity contribution >= 4 is 37.3 Å². The van der Waals surface area contributed by atoms with Gasteiger partial charge in [-0.2, -0.15) is 0 Å². The lowest BCUT2D eigenvalue weighted by Crippen LogP contribution is -2.26. The molecule has 0 bridgehead atoms. The van der Waals surface area contributed by atoms with Gasteiger partial charge in [0.1, 0.15) is 24.5 Å². The Kier molecular flexibility index (Phi) is 7.38. The van der Waals surface area contributed by atoms with Crippen molar-refractivity contribution in [2.45, 2.75) is 46.4 Å². The molecule has 2 aromatic heterocycles. The lowest BCUT2D eigenvalue weighted by Gasteiger charge is -2.20. The maximum absolute atomic E-state index is 10.9. The van der Waals surface area contributed by atoms with Gasteiger partial charge in [-0.25, -0.2) is 15.0 Å². The van der Waals surface area contributed by atoms with Crippen LogP contribution in [-0.2, 0) is 20.7 Å². The van der Waals surface area contributed by atoms with Crippen molar-refractivity contribution < 1.29 is 14.2 Å². The number of carbonyl (C=O) groups excluding carboxylic acids is 1. The summed E-state index contributed by atoms with van der Waals surface area (Å²) in [4.78, 5) is 23.2. The third-order valence-electron chi connectivity index (χ3n) is 3.23. The van der Waals surface area contributed by atoms with E-state index in [-0.39, 0.29) is 18.5 Å². The normalized spacial score (nSPS) is 14.6. The Morgan fingerprint density at radius 2 is 2.19 bits per heavy atom. The van der Waals surface area contributed by atoms with Crippen LogP contribution in [0.25, 0.3) is 11.2 Å². The SMILES string of the molecule is CC(C)=NOP(COC(C)Cn1cnc2c(N)ncnc21)NC(C)C=O. The average molecular weight is 381 g/mol. The van der Waals surface area contributed by atoms with Crippen LogP contribution < -0.4 is 10.8 Å². The summed E-state index contributed by atoms with van der Waals surface area (Å²) >= 11 is 0. The van der Waals surface area contributed by atoms with E-state index < -0.39 is 8.30 Å². The second-order valence-corrected chi connectivity index (χ2v) is 7.42. The Bertz CT molecular complexity index is 763. The lowest BCUT2D eigenvalue weighted by molar-refractivity contribution is -0.108. The molecule has 26 heavy (non-hydrogen) atoms. The standard InChI is InChI=1S/C15H24N7O3P/c1-10(2)20-25-26(21-11(3)6-23)9-24-12(4)5-22-8-19-13-14(16)17-7-18-15(13)22/h6-8,11-12,21H,5,9H2,1-4H3,(H2,16,17,18). The number of hydrogen-bond acceptors (Lipinski definition) is 9. The monoisotopic (exact) mass is 381 g/mol. The lowest BCUT2D eigenvalue weighted by atomic mass is 10.4. The number of hydrogen-bond donors (Lipinski definition) is 2. The molecule has 2 aromatic rings. The summed E-state index contributed by atoms with van der Waals surface area (Å²) in [5.74, 6) is 0.346. The highest BCUT2D eigenvalue weighted by Gasteiger charge is 2.17. The number of nitrogens with two attached hydrogens (primary N) is 1. The van der Waals surface area contributed by atoms with Crippen molar-refractivity contribution in [3.8, 4) is 0 Å². The van der Waals surface area contributed by atoms with Crippen LogP contribution in [0.15, 0.2) is 17.8 Å². The molecule has 11 heteroatoms. The first-order valence-corrected chi connectivity index (χ1v) is 9.55. The van der Waals surface area contributed by atoms with E-state index in [9.17, 15) is 4.79 Å². The molecule has 0 radical (unpaired) electrons. The maximum atomic E-state index is 10.9. The molecular weight excluding hydrogens is 357 g/mol. The number of nitrogen functional groups attached to an aromatic ring is 1. The first-order valence-electron chi connectivity index (χ1n) is 8.11. The molecule has 2 heterocycles. The third kappa shape index (κ3) is 5.69. The summed E-state index contributed by atoms with van der Waals surface area (Å²) in [6.07, 6.45) is 4.02. The van der Waals surface area contributed by atoms with E-state index >= 15 is 0 Å². The summed E-state index contributed by atoms with van der Waals surface area (Å²) < 4.78 is 13.2. The van der Waals surface area contributed by atoms with Gasteiger partial charge in [0.25, 0.3) is 0 Å². The fourth-order valence-corrected chi connectivity index (χ4v) is 3.37. The first-order chi connectivity index (χ1) is 12.4. The molecule has 0 amide bonds. The molecule has 0 spiro atoms. The Balaban J connectivity index is 1.95. The highest BCUT2D eigenvalue weighted by Crippen LogP contribution is 2.33. The Hall–Kier alpha value is -2.16. The van der Waals surface area contributed by atoms with Crippen LogP contribution in [0, 0.1) is 0 Å². The smallest absolute Gasteiger partial charge is 0.221 e. The van der Waals surface area contributed by atoms with Gasteiger partial charge in [0, 0.05) is 0 Å². The molecule has 0 aliphatic carbocycles. The Morgan fingerprint density at radius 1 is 1.42 bits per heavy atom. The first kappa shape index (κ1) is 20.2. The number of nitrogens with one attached hydrogen (secondary N) is 1. The molecule has 0 aliphatic rings. The van der Waals surface area contributed by atoms with Gasteiger partial charge in [-0.1, -0.05) is 5.16 Å². The molecule has 0 fully saturated rings. The topological polar surface area (TPSA) is 130 Å². The van der Waals surface area contributed by atoms with Gasteiger partial charge in [0.15, 0.2) is 11.5 Å². The summed E-state index contributed by atoms with van der Waals surface area (Å²) in [6.45, 7) is 7.88. The van der Waals surface area contributed by atoms with Crippen molar-refractivity contribution in [1.29, 1.82) is 0 Å². The molecule has 2 rings (SSSR count). The predicted molar refractivity (Wildman–Crippen MR) is 101 cm³/mol. The van der Waals surface area contributed by atoms with Crippen LogP contribution in [0.1, 0.15) is 27.7 Å². The highest BCUT2D eigenvalue weighted by atomic mass is 31.2. The molecule has 0 aliphatic heterocycles. The Morgan fingerprint density at radius 3 is 2.88 bits per heavy atom. The van der Waals surface area contributed by atoms with E-state index in [1.54, 1.807) is 13.3 Å². The minimum atomic E-state index is -1.24. The molecule has 3 atom stereocenters.